The Hall–Kier alpha value is -2.50. The summed E-state index contributed by atoms with van der Waals surface area (Å²) in [7, 11) is 0. The van der Waals surface area contributed by atoms with Gasteiger partial charge in [0.1, 0.15) is 12.2 Å². The SMILES string of the molecule is O=[C-]NCCOCCOCCOCCC(=O)N(CC(O)C(O)C(O)CCO)CC(O)C(O)C(O)CCO.[Fm]. The van der Waals surface area contributed by atoms with Crippen LogP contribution in [0.4, 0.5) is 0 Å². The van der Waals surface area contributed by atoms with E-state index in [1.807, 2.05) is 0 Å². The number of rotatable bonds is 25. The molecule has 0 radical (unpaired) electrons. The fraction of sp³-hybridized carbons (Fsp3) is 0.909. The maximum atomic E-state index is 12.7. The number of nitrogens with zero attached hydrogens (tertiary/aromatic N) is 1. The van der Waals surface area contributed by atoms with E-state index in [1.54, 1.807) is 0 Å². The molecule has 0 heterocycles. The van der Waals surface area contributed by atoms with Gasteiger partial charge in [-0.05, 0) is 12.8 Å². The molecule has 0 aliphatic carbocycles. The summed E-state index contributed by atoms with van der Waals surface area (Å²) in [6.45, 7) is -0.288. The number of hydrogen-bond donors (Lipinski definition) is 9. The Morgan fingerprint density at radius 2 is 1.13 bits per heavy atom. The van der Waals surface area contributed by atoms with Crippen LogP contribution >= 0.6 is 0 Å². The van der Waals surface area contributed by atoms with Crippen LogP contribution in [0.1, 0.15) is 19.3 Å². The average molecular weight is 801 g/mol. The Kier molecular flexibility index (Phi) is 23.4. The molecule has 0 bridgehead atoms. The van der Waals surface area contributed by atoms with Crippen LogP contribution in [0.25, 0.3) is 0 Å². The molecule has 6 atom stereocenters. The summed E-state index contributed by atoms with van der Waals surface area (Å²) >= 11 is 0. The molecule has 0 aromatic carbocycles. The van der Waals surface area contributed by atoms with Crippen molar-refractivity contribution in [3.8, 4) is 0 Å². The van der Waals surface area contributed by atoms with Crippen LogP contribution in [0, 0.1) is 0 Å². The van der Waals surface area contributed by atoms with Gasteiger partial charge in [-0.3, -0.25) is 4.79 Å². The fourth-order valence-electron chi connectivity index (χ4n) is 3.10. The van der Waals surface area contributed by atoms with Crippen LogP contribution in [0.5, 0.6) is 0 Å². The van der Waals surface area contributed by atoms with Crippen molar-refractivity contribution < 1.29 is 64.7 Å². The van der Waals surface area contributed by atoms with Crippen molar-refractivity contribution in [2.45, 2.75) is 55.9 Å². The first kappa shape index (κ1) is 37.7. The van der Waals surface area contributed by atoms with E-state index in [0.29, 0.717) is 26.4 Å². The van der Waals surface area contributed by atoms with E-state index in [0.717, 1.165) is 4.90 Å². The van der Waals surface area contributed by atoms with Crippen LogP contribution in [0.2, 0.25) is 0 Å². The van der Waals surface area contributed by atoms with Crippen molar-refractivity contribution in [2.75, 3.05) is 72.5 Å². The van der Waals surface area contributed by atoms with Crippen LogP contribution < -0.4 is 5.32 Å². The second-order valence-electron chi connectivity index (χ2n) is 8.19. The molecule has 232 valence electrons. The van der Waals surface area contributed by atoms with Gasteiger partial charge in [0.25, 0.3) is 0 Å². The smallest absolute Gasteiger partial charge is 0.225 e. The van der Waals surface area contributed by atoms with E-state index >= 15 is 0 Å². The molecule has 0 fully saturated rings. The molecule has 2 amide bonds. The largest absolute Gasteiger partial charge is 0.528 e. The molecule has 9 N–H and O–H groups in total. The van der Waals surface area contributed by atoms with Crippen LogP contribution in [-0.2, 0) is 23.8 Å². The maximum absolute atomic E-state index is 12.7. The topological polar surface area (TPSA) is 239 Å². The molecule has 0 aliphatic heterocycles. The Labute approximate surface area is 216 Å². The zero-order valence-electron chi connectivity index (χ0n) is 21.2. The number of amides is 2. The van der Waals surface area contributed by atoms with Crippen molar-refractivity contribution in [3.05, 3.63) is 0 Å². The summed E-state index contributed by atoms with van der Waals surface area (Å²) in [5.74, 6) is -0.610. The fourth-order valence-corrected chi connectivity index (χ4v) is 3.10. The molecule has 0 saturated carbocycles. The third kappa shape index (κ3) is 17.1. The van der Waals surface area contributed by atoms with Crippen molar-refractivity contribution in [3.63, 3.8) is 0 Å². The second kappa shape index (κ2) is 23.6. The molecular formula is C22H43FmN2O13-. The number of nitrogens with one attached hydrogen (secondary N) is 1. The molecule has 15 nitrogen and oxygen atoms in total. The molecule has 6 unspecified atom stereocenters. The van der Waals surface area contributed by atoms with Gasteiger partial charge >= 0.3 is 0 Å². The Bertz CT molecular complexity index is 555. The first-order valence-electron chi connectivity index (χ1n) is 12.1. The molecule has 0 saturated heterocycles. The Morgan fingerprint density at radius 1 is 0.711 bits per heavy atom. The molecular weight excluding hydrogens is 757 g/mol. The molecule has 0 spiro atoms. The van der Waals surface area contributed by atoms with Crippen LogP contribution in [-0.4, -0.2) is 167 Å². The molecule has 16 heteroatoms. The summed E-state index contributed by atoms with van der Waals surface area (Å²) in [5.41, 5.74) is 0. The monoisotopic (exact) mass is 800 g/mol. The number of carbonyl (C=O) groups is 1. The maximum Gasteiger partial charge on any atom is 0.225 e. The van der Waals surface area contributed by atoms with E-state index in [9.17, 15) is 40.2 Å². The standard InChI is InChI=1S/C22H43N2O13.Fm/c25-5-1-16(28)21(33)18(30)13-24(14-19(31)22(34)17(29)2-6-26)20(32)3-7-35-9-11-37-12-10-36-8-4-23-15-27;/h16-19,21-22,25-26,28-31,33-34H,1-14H2,(H,23,27);/q-1;. The third-order valence-corrected chi connectivity index (χ3v) is 5.24. The predicted octanol–water partition coefficient (Wildman–Crippen LogP) is -5.16. The molecule has 0 aliphatic rings. The Balaban J connectivity index is 0. The van der Waals surface area contributed by atoms with Crippen molar-refractivity contribution in [1.82, 2.24) is 10.2 Å². The van der Waals surface area contributed by atoms with Gasteiger partial charge in [-0.25, -0.2) is 0 Å². The van der Waals surface area contributed by atoms with E-state index < -0.39 is 68.8 Å². The predicted molar refractivity (Wildman–Crippen MR) is 127 cm³/mol. The summed E-state index contributed by atoms with van der Waals surface area (Å²) < 4.78 is 15.8. The quantitative estimate of drug-likeness (QED) is 0.0239. The van der Waals surface area contributed by atoms with Crippen LogP contribution in [0.15, 0.2) is 0 Å². The normalized spacial score (nSPS) is 16.0. The Morgan fingerprint density at radius 3 is 1.55 bits per heavy atom. The molecule has 0 rings (SSSR count). The van der Waals surface area contributed by atoms with Crippen molar-refractivity contribution in [1.29, 1.82) is 0 Å². The minimum Gasteiger partial charge on any atom is -0.528 e. The second-order valence-corrected chi connectivity index (χ2v) is 8.19. The van der Waals surface area contributed by atoms with Gasteiger partial charge in [0.15, 0.2) is 0 Å². The molecule has 0 aromatic heterocycles. The van der Waals surface area contributed by atoms with Gasteiger partial charge in [0.05, 0.1) is 70.5 Å². The zero-order valence-corrected chi connectivity index (χ0v) is 23.6. The number of ether oxygens (including phenoxy) is 3. The third-order valence-electron chi connectivity index (χ3n) is 5.24. The van der Waals surface area contributed by atoms with Gasteiger partial charge in [-0.1, -0.05) is 0 Å². The van der Waals surface area contributed by atoms with Gasteiger partial charge < -0.3 is 70.1 Å². The zero-order chi connectivity index (χ0) is 28.1. The van der Waals surface area contributed by atoms with Crippen LogP contribution in [0.3, 0.4) is 0 Å². The molecule has 0 aromatic rings. The van der Waals surface area contributed by atoms with E-state index in [1.165, 1.54) is 6.41 Å². The van der Waals surface area contributed by atoms with E-state index in [2.05, 4.69) is 5.32 Å². The van der Waals surface area contributed by atoms with E-state index in [4.69, 9.17) is 24.4 Å². The van der Waals surface area contributed by atoms with Gasteiger partial charge in [-0.2, -0.15) is 6.41 Å². The van der Waals surface area contributed by atoms with Crippen molar-refractivity contribution in [2.24, 2.45) is 0 Å². The molecule has 38 heavy (non-hydrogen) atoms. The first-order valence-corrected chi connectivity index (χ1v) is 12.1. The van der Waals surface area contributed by atoms with Gasteiger partial charge in [0.2, 0.25) is 5.91 Å². The summed E-state index contributed by atoms with van der Waals surface area (Å²) in [6, 6.07) is 0. The summed E-state index contributed by atoms with van der Waals surface area (Å²) in [5, 5.41) is 80.3. The van der Waals surface area contributed by atoms with E-state index in [-0.39, 0.29) is 39.1 Å². The van der Waals surface area contributed by atoms with Crippen molar-refractivity contribution >= 4 is 12.3 Å². The number of carbonyl (C=O) groups excluding carboxylic acids is 2. The summed E-state index contributed by atoms with van der Waals surface area (Å²) in [4.78, 5) is 23.6. The average Bonchev–Trinajstić information content (AvgIpc) is 2.87. The number of hydrogen-bond acceptors (Lipinski definition) is 13. The summed E-state index contributed by atoms with van der Waals surface area (Å²) in [6.07, 6.45) is -8.66. The number of aliphatic hydroxyl groups excluding tert-OH is 8. The minimum atomic E-state index is -1.69. The first-order chi connectivity index (χ1) is 17.7. The number of aliphatic hydroxyl groups is 8. The van der Waals surface area contributed by atoms with Gasteiger partial charge in [0, 0.05) is 32.8 Å². The van der Waals surface area contributed by atoms with Gasteiger partial charge in [-0.15, -0.1) is 0 Å². The minimum absolute atomic E-state index is 0.